The van der Waals surface area contributed by atoms with Crippen LogP contribution in [0.3, 0.4) is 0 Å². The fraction of sp³-hybridized carbons (Fsp3) is 1.00. The van der Waals surface area contributed by atoms with E-state index in [0.29, 0.717) is 6.42 Å². The molecule has 5 heteroatoms. The Kier molecular flexibility index (Phi) is 8.66. The minimum Gasteiger partial charge on any atom is -0.372 e. The molecule has 0 radical (unpaired) electrons. The molecule has 1 N–H and O–H groups in total. The van der Waals surface area contributed by atoms with Gasteiger partial charge in [0.2, 0.25) is 0 Å². The van der Waals surface area contributed by atoms with Crippen LogP contribution in [0.5, 0.6) is 0 Å². The molecule has 0 spiro atoms. The number of ether oxygens (including phenoxy) is 1. The van der Waals surface area contributed by atoms with E-state index in [9.17, 15) is 13.2 Å². The lowest BCUT2D eigenvalue weighted by atomic mass is 10.1. The van der Waals surface area contributed by atoms with Crippen LogP contribution >= 0.6 is 0 Å². The summed E-state index contributed by atoms with van der Waals surface area (Å²) in [6.07, 6.45) is 0.858. The summed E-state index contributed by atoms with van der Waals surface area (Å²) in [4.78, 5) is 0. The highest BCUT2D eigenvalue weighted by Gasteiger charge is 2.27. The molecule has 2 nitrogen and oxygen atoms in total. The van der Waals surface area contributed by atoms with Crippen LogP contribution in [0.25, 0.3) is 0 Å². The molecule has 1 unspecified atom stereocenters. The summed E-state index contributed by atoms with van der Waals surface area (Å²) < 4.78 is 39.9. The molecule has 0 aromatic rings. The van der Waals surface area contributed by atoms with E-state index in [2.05, 4.69) is 17.0 Å². The maximum absolute atomic E-state index is 11.8. The molecule has 0 fully saturated rings. The molecule has 0 heterocycles. The third-order valence-electron chi connectivity index (χ3n) is 2.44. The number of alkyl halides is 3. The van der Waals surface area contributed by atoms with Crippen LogP contribution < -0.4 is 5.32 Å². The molecule has 0 saturated heterocycles. The smallest absolute Gasteiger partial charge is 0.372 e. The first kappa shape index (κ1) is 15.7. The van der Waals surface area contributed by atoms with Crippen LogP contribution in [0.15, 0.2) is 0 Å². The zero-order chi connectivity index (χ0) is 12.4. The highest BCUT2D eigenvalue weighted by molar-refractivity contribution is 4.64. The Morgan fingerprint density at radius 3 is 2.38 bits per heavy atom. The largest absolute Gasteiger partial charge is 0.411 e. The van der Waals surface area contributed by atoms with Crippen LogP contribution in [0.4, 0.5) is 13.2 Å². The first-order chi connectivity index (χ1) is 7.49. The van der Waals surface area contributed by atoms with Crippen molar-refractivity contribution >= 4 is 0 Å². The molecule has 0 aromatic heterocycles. The Hall–Kier alpha value is -0.290. The molecular weight excluding hydrogens is 219 g/mol. The second kappa shape index (κ2) is 8.82. The van der Waals surface area contributed by atoms with E-state index in [1.54, 1.807) is 0 Å². The molecule has 0 aliphatic heterocycles. The Morgan fingerprint density at radius 2 is 1.88 bits per heavy atom. The first-order valence-electron chi connectivity index (χ1n) is 5.81. The molecule has 0 aliphatic carbocycles. The van der Waals surface area contributed by atoms with E-state index in [0.717, 1.165) is 19.3 Å². The molecule has 0 saturated carbocycles. The second-order valence-electron chi connectivity index (χ2n) is 3.94. The minimum absolute atomic E-state index is 0.164. The summed E-state index contributed by atoms with van der Waals surface area (Å²) in [7, 11) is 1.83. The summed E-state index contributed by atoms with van der Waals surface area (Å²) in [5.74, 6) is 0. The van der Waals surface area contributed by atoms with Crippen molar-refractivity contribution < 1.29 is 17.9 Å². The highest BCUT2D eigenvalue weighted by Crippen LogP contribution is 2.15. The van der Waals surface area contributed by atoms with Crippen LogP contribution in [-0.2, 0) is 4.74 Å². The van der Waals surface area contributed by atoms with Crippen molar-refractivity contribution in [2.45, 2.75) is 51.2 Å². The van der Waals surface area contributed by atoms with E-state index >= 15 is 0 Å². The molecule has 1 atom stereocenters. The van der Waals surface area contributed by atoms with Gasteiger partial charge in [-0.15, -0.1) is 0 Å². The molecule has 0 aromatic carbocycles. The average molecular weight is 241 g/mol. The van der Waals surface area contributed by atoms with E-state index in [1.165, 1.54) is 6.42 Å². The zero-order valence-electron chi connectivity index (χ0n) is 10.1. The predicted octanol–water partition coefficient (Wildman–Crippen LogP) is 3.12. The van der Waals surface area contributed by atoms with Gasteiger partial charge in [-0.25, -0.2) is 0 Å². The number of nitrogens with one attached hydrogen (secondary N) is 1. The molecule has 0 amide bonds. The Morgan fingerprint density at radius 1 is 1.19 bits per heavy atom. The van der Waals surface area contributed by atoms with E-state index in [4.69, 9.17) is 0 Å². The van der Waals surface area contributed by atoms with Crippen molar-refractivity contribution in [3.63, 3.8) is 0 Å². The van der Waals surface area contributed by atoms with Gasteiger partial charge in [-0.3, -0.25) is 0 Å². The summed E-state index contributed by atoms with van der Waals surface area (Å²) in [6.45, 7) is 1.15. The first-order valence-corrected chi connectivity index (χ1v) is 5.81. The third-order valence-corrected chi connectivity index (χ3v) is 2.44. The molecule has 16 heavy (non-hydrogen) atoms. The van der Waals surface area contributed by atoms with Crippen molar-refractivity contribution in [1.82, 2.24) is 5.32 Å². The molecule has 0 bridgehead atoms. The van der Waals surface area contributed by atoms with Gasteiger partial charge in [0.25, 0.3) is 0 Å². The molecule has 0 rings (SSSR count). The summed E-state index contributed by atoms with van der Waals surface area (Å²) in [5.41, 5.74) is 0. The van der Waals surface area contributed by atoms with Crippen LogP contribution in [0.2, 0.25) is 0 Å². The molecular formula is C11H22F3NO. The number of unbranched alkanes of at least 4 members (excludes halogenated alkanes) is 2. The lowest BCUT2D eigenvalue weighted by Crippen LogP contribution is -2.27. The highest BCUT2D eigenvalue weighted by atomic mass is 19.4. The Bertz CT molecular complexity index is 162. The van der Waals surface area contributed by atoms with Gasteiger partial charge in [-0.05, 0) is 19.9 Å². The van der Waals surface area contributed by atoms with Gasteiger partial charge in [0.05, 0.1) is 0 Å². The van der Waals surface area contributed by atoms with Gasteiger partial charge in [0, 0.05) is 12.6 Å². The zero-order valence-corrected chi connectivity index (χ0v) is 10.1. The monoisotopic (exact) mass is 241 g/mol. The van der Waals surface area contributed by atoms with E-state index < -0.39 is 12.8 Å². The number of rotatable bonds is 9. The van der Waals surface area contributed by atoms with Crippen molar-refractivity contribution in [2.24, 2.45) is 0 Å². The number of halogens is 3. The normalized spacial score (nSPS) is 14.1. The lowest BCUT2D eigenvalue weighted by Gasteiger charge is -2.16. The van der Waals surface area contributed by atoms with Gasteiger partial charge in [-0.2, -0.15) is 13.2 Å². The fourth-order valence-corrected chi connectivity index (χ4v) is 1.49. The predicted molar refractivity (Wildman–Crippen MR) is 58.5 cm³/mol. The van der Waals surface area contributed by atoms with Gasteiger partial charge in [0.1, 0.15) is 6.61 Å². The average Bonchev–Trinajstić information content (AvgIpc) is 2.20. The molecule has 0 aliphatic rings. The second-order valence-corrected chi connectivity index (χ2v) is 3.94. The SMILES string of the molecule is CCCCCC(CCOCC(F)(F)F)NC. The molecule has 98 valence electrons. The number of hydrogen-bond acceptors (Lipinski definition) is 2. The number of hydrogen-bond donors (Lipinski definition) is 1. The van der Waals surface area contributed by atoms with Crippen LogP contribution in [0.1, 0.15) is 39.0 Å². The Labute approximate surface area is 95.5 Å². The summed E-state index contributed by atoms with van der Waals surface area (Å²) >= 11 is 0. The van der Waals surface area contributed by atoms with Crippen LogP contribution in [0, 0.1) is 0 Å². The van der Waals surface area contributed by atoms with E-state index in [1.807, 2.05) is 7.05 Å². The maximum atomic E-state index is 11.8. The van der Waals surface area contributed by atoms with Crippen LogP contribution in [-0.4, -0.2) is 32.5 Å². The maximum Gasteiger partial charge on any atom is 0.411 e. The van der Waals surface area contributed by atoms with Gasteiger partial charge < -0.3 is 10.1 Å². The lowest BCUT2D eigenvalue weighted by molar-refractivity contribution is -0.174. The minimum atomic E-state index is -4.21. The summed E-state index contributed by atoms with van der Waals surface area (Å²) in [5, 5.41) is 3.10. The van der Waals surface area contributed by atoms with E-state index in [-0.39, 0.29) is 12.6 Å². The van der Waals surface area contributed by atoms with Gasteiger partial charge in [-0.1, -0.05) is 26.2 Å². The third kappa shape index (κ3) is 10.2. The van der Waals surface area contributed by atoms with Crippen molar-refractivity contribution in [3.05, 3.63) is 0 Å². The Balaban J connectivity index is 3.47. The fourth-order valence-electron chi connectivity index (χ4n) is 1.49. The van der Waals surface area contributed by atoms with Crippen molar-refractivity contribution in [1.29, 1.82) is 0 Å². The van der Waals surface area contributed by atoms with Gasteiger partial charge in [0.15, 0.2) is 0 Å². The van der Waals surface area contributed by atoms with Gasteiger partial charge >= 0.3 is 6.18 Å². The quantitative estimate of drug-likeness (QED) is 0.626. The van der Waals surface area contributed by atoms with Crippen molar-refractivity contribution in [2.75, 3.05) is 20.3 Å². The topological polar surface area (TPSA) is 21.3 Å². The van der Waals surface area contributed by atoms with Crippen molar-refractivity contribution in [3.8, 4) is 0 Å². The standard InChI is InChI=1S/C11H22F3NO/c1-3-4-5-6-10(15-2)7-8-16-9-11(12,13)14/h10,15H,3-9H2,1-2H3. The summed E-state index contributed by atoms with van der Waals surface area (Å²) in [6, 6.07) is 0.264.